The van der Waals surface area contributed by atoms with E-state index in [2.05, 4.69) is 27.0 Å². The first-order valence-electron chi connectivity index (χ1n) is 3.81. The van der Waals surface area contributed by atoms with E-state index in [9.17, 15) is 0 Å². The average Bonchev–Trinajstić information content (AvgIpc) is 2.49. The molecule has 2 heterocycles. The molecule has 0 fully saturated rings. The molecule has 0 radical (unpaired) electrons. The maximum absolute atomic E-state index is 8.50. The molecule has 3 nitrogen and oxygen atoms in total. The quantitative estimate of drug-likeness (QED) is 0.712. The highest BCUT2D eigenvalue weighted by Crippen LogP contribution is 2.13. The fourth-order valence-corrected chi connectivity index (χ4v) is 1.63. The molecule has 2 aromatic rings. The maximum Gasteiger partial charge on any atom is 0.137 e. The number of nitrogens with zero attached hydrogens (tertiary/aromatic N) is 3. The summed E-state index contributed by atoms with van der Waals surface area (Å²) in [6.45, 7) is 0. The van der Waals surface area contributed by atoms with Gasteiger partial charge in [-0.3, -0.25) is 4.40 Å². The monoisotopic (exact) mass is 235 g/mol. The molecule has 0 atom stereocenters. The summed E-state index contributed by atoms with van der Waals surface area (Å²) in [5.41, 5.74) is 1.66. The minimum atomic E-state index is 0.355. The minimum Gasteiger partial charge on any atom is -0.294 e. The zero-order valence-corrected chi connectivity index (χ0v) is 8.32. The highest BCUT2D eigenvalue weighted by atomic mass is 79.9. The molecule has 0 saturated carbocycles. The summed E-state index contributed by atoms with van der Waals surface area (Å²) in [7, 11) is 0. The normalized spacial score (nSPS) is 10.2. The van der Waals surface area contributed by atoms with Crippen molar-refractivity contribution in [3.63, 3.8) is 0 Å². The second-order valence-electron chi connectivity index (χ2n) is 2.64. The molecule has 0 N–H and O–H groups in total. The van der Waals surface area contributed by atoms with Crippen molar-refractivity contribution < 1.29 is 0 Å². The van der Waals surface area contributed by atoms with Crippen molar-refractivity contribution in [2.45, 2.75) is 6.42 Å². The Morgan fingerprint density at radius 2 is 2.38 bits per heavy atom. The van der Waals surface area contributed by atoms with Crippen molar-refractivity contribution >= 4 is 21.6 Å². The topological polar surface area (TPSA) is 41.1 Å². The molecule has 0 aliphatic rings. The molecule has 2 rings (SSSR count). The smallest absolute Gasteiger partial charge is 0.137 e. The van der Waals surface area contributed by atoms with E-state index in [1.165, 1.54) is 0 Å². The Morgan fingerprint density at radius 3 is 3.08 bits per heavy atom. The molecule has 0 aliphatic heterocycles. The summed E-state index contributed by atoms with van der Waals surface area (Å²) in [4.78, 5) is 4.27. The van der Waals surface area contributed by atoms with Crippen molar-refractivity contribution in [1.29, 1.82) is 5.26 Å². The zero-order chi connectivity index (χ0) is 9.26. The van der Waals surface area contributed by atoms with Crippen molar-refractivity contribution in [2.75, 3.05) is 0 Å². The highest BCUT2D eigenvalue weighted by molar-refractivity contribution is 9.10. The van der Waals surface area contributed by atoms with Gasteiger partial charge in [0.05, 0.1) is 22.8 Å². The van der Waals surface area contributed by atoms with Gasteiger partial charge in [-0.25, -0.2) is 4.98 Å². The molecule has 64 valence electrons. The third kappa shape index (κ3) is 1.43. The molecule has 2 aromatic heterocycles. The number of hydrogen-bond acceptors (Lipinski definition) is 2. The maximum atomic E-state index is 8.50. The number of aromatic nitrogens is 2. The molecule has 4 heteroatoms. The van der Waals surface area contributed by atoms with Crippen molar-refractivity contribution in [1.82, 2.24) is 9.38 Å². The van der Waals surface area contributed by atoms with Crippen LogP contribution in [0.1, 0.15) is 5.69 Å². The summed E-state index contributed by atoms with van der Waals surface area (Å²) in [5, 5.41) is 8.50. The van der Waals surface area contributed by atoms with Gasteiger partial charge >= 0.3 is 0 Å². The van der Waals surface area contributed by atoms with Crippen LogP contribution in [0, 0.1) is 11.3 Å². The zero-order valence-electron chi connectivity index (χ0n) is 6.74. The van der Waals surface area contributed by atoms with Gasteiger partial charge in [0.1, 0.15) is 5.65 Å². The predicted molar refractivity (Wildman–Crippen MR) is 52.2 cm³/mol. The Morgan fingerprint density at radius 1 is 1.54 bits per heavy atom. The first kappa shape index (κ1) is 8.27. The molecule has 13 heavy (non-hydrogen) atoms. The lowest BCUT2D eigenvalue weighted by Gasteiger charge is -1.93. The number of hydrogen-bond donors (Lipinski definition) is 0. The van der Waals surface area contributed by atoms with Crippen LogP contribution in [0.5, 0.6) is 0 Å². The molecule has 0 saturated heterocycles. The summed E-state index contributed by atoms with van der Waals surface area (Å²) < 4.78 is 2.86. The highest BCUT2D eigenvalue weighted by Gasteiger charge is 2.01. The Labute approximate surface area is 83.8 Å². The van der Waals surface area contributed by atoms with Gasteiger partial charge in [-0.1, -0.05) is 6.07 Å². The van der Waals surface area contributed by atoms with Gasteiger partial charge in [0, 0.05) is 6.20 Å². The van der Waals surface area contributed by atoms with E-state index in [1.54, 1.807) is 0 Å². The summed E-state index contributed by atoms with van der Waals surface area (Å²) >= 11 is 3.40. The van der Waals surface area contributed by atoms with Crippen LogP contribution in [-0.2, 0) is 6.42 Å². The second kappa shape index (κ2) is 3.19. The number of rotatable bonds is 1. The first-order valence-corrected chi connectivity index (χ1v) is 4.60. The molecular weight excluding hydrogens is 230 g/mol. The van der Waals surface area contributed by atoms with E-state index in [0.29, 0.717) is 6.42 Å². The van der Waals surface area contributed by atoms with Crippen LogP contribution < -0.4 is 0 Å². The van der Waals surface area contributed by atoms with Crippen LogP contribution >= 0.6 is 15.9 Å². The van der Waals surface area contributed by atoms with E-state index in [1.807, 2.05) is 28.8 Å². The SMILES string of the molecule is N#CCc1cn2c(Br)cccc2n1. The summed E-state index contributed by atoms with van der Waals surface area (Å²) in [6, 6.07) is 7.84. The lowest BCUT2D eigenvalue weighted by Crippen LogP contribution is -1.82. The minimum absolute atomic E-state index is 0.355. The number of imidazole rings is 1. The standard InChI is InChI=1S/C9H6BrN3/c10-8-2-1-3-9-12-7(4-5-11)6-13(8)9/h1-3,6H,4H2. The average molecular weight is 236 g/mol. The van der Waals surface area contributed by atoms with Gasteiger partial charge in [0.15, 0.2) is 0 Å². The molecule has 0 aliphatic carbocycles. The first-order chi connectivity index (χ1) is 6.31. The summed E-state index contributed by atoms with van der Waals surface area (Å²) in [5.74, 6) is 0. The van der Waals surface area contributed by atoms with E-state index in [0.717, 1.165) is 15.9 Å². The van der Waals surface area contributed by atoms with Crippen LogP contribution in [0.3, 0.4) is 0 Å². The Balaban J connectivity index is 2.63. The van der Waals surface area contributed by atoms with Crippen molar-refractivity contribution in [3.05, 3.63) is 34.7 Å². The van der Waals surface area contributed by atoms with E-state index in [-0.39, 0.29) is 0 Å². The second-order valence-corrected chi connectivity index (χ2v) is 3.46. The van der Waals surface area contributed by atoms with Gasteiger partial charge in [-0.15, -0.1) is 0 Å². The lowest BCUT2D eigenvalue weighted by atomic mass is 10.4. The van der Waals surface area contributed by atoms with Crippen molar-refractivity contribution in [2.24, 2.45) is 0 Å². The number of halogens is 1. The van der Waals surface area contributed by atoms with Gasteiger partial charge in [0.25, 0.3) is 0 Å². The molecule has 0 unspecified atom stereocenters. The Bertz CT molecular complexity index is 481. The van der Waals surface area contributed by atoms with Gasteiger partial charge in [-0.05, 0) is 28.1 Å². The number of fused-ring (bicyclic) bond motifs is 1. The largest absolute Gasteiger partial charge is 0.294 e. The van der Waals surface area contributed by atoms with Crippen LogP contribution in [0.2, 0.25) is 0 Å². The van der Waals surface area contributed by atoms with E-state index >= 15 is 0 Å². The lowest BCUT2D eigenvalue weighted by molar-refractivity contribution is 1.13. The van der Waals surface area contributed by atoms with Gasteiger partial charge in [0.2, 0.25) is 0 Å². The summed E-state index contributed by atoms with van der Waals surface area (Å²) in [6.07, 6.45) is 2.22. The van der Waals surface area contributed by atoms with Gasteiger partial charge in [-0.2, -0.15) is 5.26 Å². The van der Waals surface area contributed by atoms with Crippen LogP contribution in [0.15, 0.2) is 29.0 Å². The number of nitriles is 1. The van der Waals surface area contributed by atoms with Gasteiger partial charge < -0.3 is 0 Å². The Kier molecular flexibility index (Phi) is 2.03. The molecular formula is C9H6BrN3. The van der Waals surface area contributed by atoms with E-state index < -0.39 is 0 Å². The van der Waals surface area contributed by atoms with Crippen LogP contribution in [0.25, 0.3) is 5.65 Å². The fraction of sp³-hybridized carbons (Fsp3) is 0.111. The molecule has 0 amide bonds. The number of pyridine rings is 1. The molecule has 0 aromatic carbocycles. The fourth-order valence-electron chi connectivity index (χ4n) is 1.19. The third-order valence-corrected chi connectivity index (χ3v) is 2.40. The van der Waals surface area contributed by atoms with E-state index in [4.69, 9.17) is 5.26 Å². The third-order valence-electron chi connectivity index (χ3n) is 1.75. The molecule has 0 bridgehead atoms. The van der Waals surface area contributed by atoms with Crippen LogP contribution in [0.4, 0.5) is 0 Å². The Hall–Kier alpha value is -1.34. The predicted octanol–water partition coefficient (Wildman–Crippen LogP) is 2.16. The van der Waals surface area contributed by atoms with Crippen molar-refractivity contribution in [3.8, 4) is 6.07 Å². The molecule has 0 spiro atoms. The van der Waals surface area contributed by atoms with Crippen LogP contribution in [-0.4, -0.2) is 9.38 Å².